The number of nitrogens with zero attached hydrogens (tertiary/aromatic N) is 1. The molecule has 0 radical (unpaired) electrons. The number of likely N-dealkylation sites (N-methyl/N-ethyl adjacent to an activating group) is 1. The molecule has 2 amide bonds. The Kier molecular flexibility index (Phi) is 6.63. The zero-order valence-electron chi connectivity index (χ0n) is 16.0. The third kappa shape index (κ3) is 4.76. The van der Waals surface area contributed by atoms with Crippen LogP contribution in [0.2, 0.25) is 0 Å². The Morgan fingerprint density at radius 1 is 1.31 bits per heavy atom. The fraction of sp³-hybridized carbons (Fsp3) is 0.474. The number of hydrogen-bond acceptors (Lipinski definition) is 5. The van der Waals surface area contributed by atoms with Gasteiger partial charge >= 0.3 is 12.0 Å². The lowest BCUT2D eigenvalue weighted by molar-refractivity contribution is -0.139. The average molecular weight is 361 g/mol. The first-order valence-electron chi connectivity index (χ1n) is 8.65. The van der Waals surface area contributed by atoms with Crippen molar-refractivity contribution >= 4 is 12.0 Å². The maximum absolute atomic E-state index is 12.3. The highest BCUT2D eigenvalue weighted by Crippen LogP contribution is 2.22. The van der Waals surface area contributed by atoms with Gasteiger partial charge < -0.3 is 20.1 Å². The molecule has 0 aromatic heterocycles. The Labute approximate surface area is 154 Å². The van der Waals surface area contributed by atoms with E-state index in [1.54, 1.807) is 21.0 Å². The highest BCUT2D eigenvalue weighted by molar-refractivity contribution is 5.94. The van der Waals surface area contributed by atoms with Gasteiger partial charge in [0.25, 0.3) is 0 Å². The van der Waals surface area contributed by atoms with Crippen molar-refractivity contribution in [2.75, 3.05) is 27.3 Å². The molecule has 1 aliphatic heterocycles. The van der Waals surface area contributed by atoms with Gasteiger partial charge in [0.1, 0.15) is 5.75 Å². The highest BCUT2D eigenvalue weighted by atomic mass is 16.5. The third-order valence-electron chi connectivity index (χ3n) is 4.17. The molecule has 0 fully saturated rings. The molecule has 7 heteroatoms. The lowest BCUT2D eigenvalue weighted by Crippen LogP contribution is -2.51. The summed E-state index contributed by atoms with van der Waals surface area (Å²) in [7, 11) is 3.57. The van der Waals surface area contributed by atoms with E-state index in [0.29, 0.717) is 24.4 Å². The van der Waals surface area contributed by atoms with Crippen molar-refractivity contribution in [2.45, 2.75) is 33.4 Å². The van der Waals surface area contributed by atoms with Crippen LogP contribution in [0.5, 0.6) is 5.75 Å². The van der Waals surface area contributed by atoms with Crippen molar-refractivity contribution < 1.29 is 19.1 Å². The van der Waals surface area contributed by atoms with Crippen molar-refractivity contribution in [3.63, 3.8) is 0 Å². The average Bonchev–Trinajstić information content (AvgIpc) is 2.54. The van der Waals surface area contributed by atoms with Crippen LogP contribution >= 0.6 is 0 Å². The first kappa shape index (κ1) is 19.8. The van der Waals surface area contributed by atoms with Crippen molar-refractivity contribution in [2.24, 2.45) is 0 Å². The molecule has 2 rings (SSSR count). The molecule has 1 aromatic rings. The normalized spacial score (nSPS) is 17.0. The molecular formula is C19H27N3O4. The van der Waals surface area contributed by atoms with E-state index in [-0.39, 0.29) is 12.6 Å². The fourth-order valence-electron chi connectivity index (χ4n) is 3.05. The Balaban J connectivity index is 2.22. The molecule has 1 heterocycles. The van der Waals surface area contributed by atoms with Crippen molar-refractivity contribution in [3.8, 4) is 5.75 Å². The van der Waals surface area contributed by atoms with Crippen LogP contribution < -0.4 is 15.4 Å². The van der Waals surface area contributed by atoms with Gasteiger partial charge in [-0.3, -0.25) is 4.90 Å². The van der Waals surface area contributed by atoms with E-state index in [2.05, 4.69) is 16.7 Å². The van der Waals surface area contributed by atoms with E-state index in [4.69, 9.17) is 9.47 Å². The van der Waals surface area contributed by atoms with Crippen LogP contribution in [-0.2, 0) is 16.1 Å². The largest absolute Gasteiger partial charge is 0.496 e. The molecule has 0 aliphatic carbocycles. The van der Waals surface area contributed by atoms with Crippen LogP contribution in [0.15, 0.2) is 29.5 Å². The first-order valence-corrected chi connectivity index (χ1v) is 8.65. The predicted molar refractivity (Wildman–Crippen MR) is 98.9 cm³/mol. The van der Waals surface area contributed by atoms with Crippen LogP contribution in [0.3, 0.4) is 0 Å². The number of esters is 1. The molecule has 0 spiro atoms. The van der Waals surface area contributed by atoms with E-state index >= 15 is 0 Å². The Morgan fingerprint density at radius 3 is 2.69 bits per heavy atom. The molecular weight excluding hydrogens is 334 g/mol. The van der Waals surface area contributed by atoms with Gasteiger partial charge in [0, 0.05) is 24.4 Å². The van der Waals surface area contributed by atoms with Gasteiger partial charge in [-0.05, 0) is 33.9 Å². The lowest BCUT2D eigenvalue weighted by atomic mass is 10.0. The minimum atomic E-state index is -0.413. The number of benzene rings is 1. The summed E-state index contributed by atoms with van der Waals surface area (Å²) in [5.41, 5.74) is 3.20. The smallest absolute Gasteiger partial charge is 0.337 e. The number of amides is 2. The monoisotopic (exact) mass is 361 g/mol. The summed E-state index contributed by atoms with van der Waals surface area (Å²) in [5, 5.41) is 5.45. The molecule has 2 N–H and O–H groups in total. The maximum atomic E-state index is 12.3. The SMILES string of the molecule is CCOC(=O)C1=C(CN(C)Cc2cc(C)ccc2OC)NC(=O)NC1C. The topological polar surface area (TPSA) is 79.9 Å². The van der Waals surface area contributed by atoms with Crippen LogP contribution in [0.1, 0.15) is 25.0 Å². The Bertz CT molecular complexity index is 715. The zero-order chi connectivity index (χ0) is 19.3. The second kappa shape index (κ2) is 8.71. The van der Waals surface area contributed by atoms with Gasteiger partial charge in [0.2, 0.25) is 0 Å². The number of ether oxygens (including phenoxy) is 2. The molecule has 1 atom stereocenters. The quantitative estimate of drug-likeness (QED) is 0.726. The standard InChI is InChI=1S/C19H27N3O4/c1-6-26-18(23)17-13(3)20-19(24)21-15(17)11-22(4)10-14-9-12(2)7-8-16(14)25-5/h7-9,13H,6,10-11H2,1-5H3,(H2,20,21,24). The van der Waals surface area contributed by atoms with Gasteiger partial charge in [-0.2, -0.15) is 0 Å². The van der Waals surface area contributed by atoms with Crippen LogP contribution in [0.4, 0.5) is 4.79 Å². The molecule has 26 heavy (non-hydrogen) atoms. The summed E-state index contributed by atoms with van der Waals surface area (Å²) < 4.78 is 10.6. The van der Waals surface area contributed by atoms with Gasteiger partial charge in [-0.15, -0.1) is 0 Å². The summed E-state index contributed by atoms with van der Waals surface area (Å²) in [4.78, 5) is 26.2. The molecule has 1 aromatic carbocycles. The number of hydrogen-bond donors (Lipinski definition) is 2. The zero-order valence-corrected chi connectivity index (χ0v) is 16.0. The van der Waals surface area contributed by atoms with E-state index in [1.807, 2.05) is 31.0 Å². The number of carbonyl (C=O) groups excluding carboxylic acids is 2. The molecule has 7 nitrogen and oxygen atoms in total. The van der Waals surface area contributed by atoms with Crippen molar-refractivity contribution in [3.05, 3.63) is 40.6 Å². The second-order valence-electron chi connectivity index (χ2n) is 6.42. The van der Waals surface area contributed by atoms with Gasteiger partial charge in [0.05, 0.1) is 25.3 Å². The summed E-state index contributed by atoms with van der Waals surface area (Å²) in [6.07, 6.45) is 0. The first-order chi connectivity index (χ1) is 12.3. The predicted octanol–water partition coefficient (Wildman–Crippen LogP) is 1.95. The number of nitrogens with one attached hydrogen (secondary N) is 2. The van der Waals surface area contributed by atoms with Gasteiger partial charge in [-0.1, -0.05) is 17.7 Å². The van der Waals surface area contributed by atoms with E-state index < -0.39 is 12.0 Å². The Morgan fingerprint density at radius 2 is 2.04 bits per heavy atom. The summed E-state index contributed by atoms with van der Waals surface area (Å²) in [5.74, 6) is 0.397. The van der Waals surface area contributed by atoms with Crippen molar-refractivity contribution in [1.82, 2.24) is 15.5 Å². The van der Waals surface area contributed by atoms with Crippen LogP contribution in [0, 0.1) is 6.92 Å². The minimum Gasteiger partial charge on any atom is -0.496 e. The lowest BCUT2D eigenvalue weighted by Gasteiger charge is -2.29. The number of carbonyl (C=O) groups is 2. The molecule has 0 saturated heterocycles. The second-order valence-corrected chi connectivity index (χ2v) is 6.42. The van der Waals surface area contributed by atoms with Gasteiger partial charge in [0.15, 0.2) is 0 Å². The fourth-order valence-corrected chi connectivity index (χ4v) is 3.05. The molecule has 0 bridgehead atoms. The van der Waals surface area contributed by atoms with Crippen molar-refractivity contribution in [1.29, 1.82) is 0 Å². The third-order valence-corrected chi connectivity index (χ3v) is 4.17. The minimum absolute atomic E-state index is 0.284. The van der Waals surface area contributed by atoms with E-state index in [9.17, 15) is 9.59 Å². The molecule has 1 unspecified atom stereocenters. The summed E-state index contributed by atoms with van der Waals surface area (Å²) >= 11 is 0. The Hall–Kier alpha value is -2.54. The number of urea groups is 1. The van der Waals surface area contributed by atoms with Crippen LogP contribution in [0.25, 0.3) is 0 Å². The molecule has 1 aliphatic rings. The summed E-state index contributed by atoms with van der Waals surface area (Å²) in [6, 6.07) is 5.29. The van der Waals surface area contributed by atoms with Gasteiger partial charge in [-0.25, -0.2) is 9.59 Å². The molecule has 142 valence electrons. The number of aryl methyl sites for hydroxylation is 1. The summed E-state index contributed by atoms with van der Waals surface area (Å²) in [6.45, 7) is 6.86. The number of rotatable bonds is 7. The van der Waals surface area contributed by atoms with E-state index in [0.717, 1.165) is 16.9 Å². The number of methoxy groups -OCH3 is 1. The maximum Gasteiger partial charge on any atom is 0.337 e. The molecule has 0 saturated carbocycles. The van der Waals surface area contributed by atoms with Crippen LogP contribution in [-0.4, -0.2) is 50.3 Å². The van der Waals surface area contributed by atoms with E-state index in [1.165, 1.54) is 0 Å². The highest BCUT2D eigenvalue weighted by Gasteiger charge is 2.30.